The van der Waals surface area contributed by atoms with Crippen LogP contribution in [0.25, 0.3) is 0 Å². The topological polar surface area (TPSA) is 49.4 Å². The van der Waals surface area contributed by atoms with Crippen LogP contribution in [0.5, 0.6) is 0 Å². The molecule has 2 aromatic rings. The lowest BCUT2D eigenvalue weighted by atomic mass is 9.97. The molecule has 0 amide bonds. The predicted octanol–water partition coefficient (Wildman–Crippen LogP) is 4.55. The van der Waals surface area contributed by atoms with E-state index in [-0.39, 0.29) is 0 Å². The molecule has 6 heteroatoms. The Balaban J connectivity index is 1.48. The molecule has 0 aliphatic carbocycles. The molecule has 0 saturated carbocycles. The van der Waals surface area contributed by atoms with Crippen LogP contribution in [0.3, 0.4) is 0 Å². The number of sulfonamides is 1. The number of hydrogen-bond donors (Lipinski definition) is 1. The maximum atomic E-state index is 12.6. The first-order valence-electron chi connectivity index (χ1n) is 10.4. The standard InChI is InChI=1S/C23H32N2O2S2/c1-3-6-19-9-11-22(12-10-19)29(26,27)24-17-20-13-15-25(16-14-20)18-21-7-4-5-8-23(21)28-2/h4-5,7-12,20,24H,3,6,13-18H2,1-2H3. The third kappa shape index (κ3) is 6.32. The minimum absolute atomic E-state index is 0.364. The summed E-state index contributed by atoms with van der Waals surface area (Å²) < 4.78 is 28.0. The first kappa shape index (κ1) is 22.3. The molecular formula is C23H32N2O2S2. The van der Waals surface area contributed by atoms with Gasteiger partial charge < -0.3 is 0 Å². The van der Waals surface area contributed by atoms with E-state index >= 15 is 0 Å². The number of likely N-dealkylation sites (tertiary alicyclic amines) is 1. The van der Waals surface area contributed by atoms with Gasteiger partial charge in [-0.25, -0.2) is 13.1 Å². The summed E-state index contributed by atoms with van der Waals surface area (Å²) in [4.78, 5) is 4.18. The Bertz CT molecular complexity index is 874. The van der Waals surface area contributed by atoms with Crippen LogP contribution in [0.15, 0.2) is 58.3 Å². The van der Waals surface area contributed by atoms with Gasteiger partial charge in [0.1, 0.15) is 0 Å². The quantitative estimate of drug-likeness (QED) is 0.591. The molecule has 0 radical (unpaired) electrons. The molecule has 158 valence electrons. The van der Waals surface area contributed by atoms with Crippen molar-refractivity contribution in [2.45, 2.75) is 48.9 Å². The van der Waals surface area contributed by atoms with Crippen LogP contribution < -0.4 is 4.72 Å². The van der Waals surface area contributed by atoms with Gasteiger partial charge in [-0.2, -0.15) is 0 Å². The highest BCUT2D eigenvalue weighted by molar-refractivity contribution is 7.98. The molecule has 1 fully saturated rings. The molecule has 0 unspecified atom stereocenters. The number of rotatable bonds is 9. The maximum Gasteiger partial charge on any atom is 0.240 e. The first-order chi connectivity index (χ1) is 14.0. The van der Waals surface area contributed by atoms with Crippen molar-refractivity contribution in [2.24, 2.45) is 5.92 Å². The van der Waals surface area contributed by atoms with Gasteiger partial charge in [-0.15, -0.1) is 11.8 Å². The molecule has 0 spiro atoms. The van der Waals surface area contributed by atoms with Gasteiger partial charge in [-0.1, -0.05) is 43.7 Å². The van der Waals surface area contributed by atoms with E-state index in [9.17, 15) is 8.42 Å². The van der Waals surface area contributed by atoms with Gasteiger partial charge in [0.25, 0.3) is 0 Å². The number of nitrogens with one attached hydrogen (secondary N) is 1. The van der Waals surface area contributed by atoms with E-state index in [1.807, 2.05) is 12.1 Å². The highest BCUT2D eigenvalue weighted by Gasteiger charge is 2.22. The largest absolute Gasteiger partial charge is 0.299 e. The number of piperidine rings is 1. The average molecular weight is 433 g/mol. The van der Waals surface area contributed by atoms with Crippen LogP contribution in [-0.2, 0) is 23.0 Å². The second-order valence-electron chi connectivity index (χ2n) is 7.78. The van der Waals surface area contributed by atoms with Crippen molar-refractivity contribution in [3.8, 4) is 0 Å². The van der Waals surface area contributed by atoms with Crippen LogP contribution >= 0.6 is 11.8 Å². The molecule has 1 heterocycles. The molecule has 2 aromatic carbocycles. The molecule has 4 nitrogen and oxygen atoms in total. The summed E-state index contributed by atoms with van der Waals surface area (Å²) in [6, 6.07) is 15.9. The molecule has 1 N–H and O–H groups in total. The van der Waals surface area contributed by atoms with E-state index in [0.29, 0.717) is 17.4 Å². The molecule has 0 aromatic heterocycles. The molecule has 0 bridgehead atoms. The number of hydrogen-bond acceptors (Lipinski definition) is 4. The van der Waals surface area contributed by atoms with Crippen LogP contribution in [0.4, 0.5) is 0 Å². The smallest absolute Gasteiger partial charge is 0.240 e. The molecule has 1 aliphatic heterocycles. The highest BCUT2D eigenvalue weighted by atomic mass is 32.2. The normalized spacial score (nSPS) is 16.2. The average Bonchev–Trinajstić information content (AvgIpc) is 2.74. The monoisotopic (exact) mass is 432 g/mol. The van der Waals surface area contributed by atoms with Gasteiger partial charge in [0.2, 0.25) is 10.0 Å². The van der Waals surface area contributed by atoms with E-state index in [1.54, 1.807) is 23.9 Å². The Hall–Kier alpha value is -1.34. The number of aryl methyl sites for hydroxylation is 1. The summed E-state index contributed by atoms with van der Waals surface area (Å²) >= 11 is 1.79. The minimum Gasteiger partial charge on any atom is -0.299 e. The van der Waals surface area contributed by atoms with Crippen molar-refractivity contribution in [1.29, 1.82) is 0 Å². The Kier molecular flexibility index (Phi) is 8.18. The summed E-state index contributed by atoms with van der Waals surface area (Å²) in [6.45, 7) is 5.65. The van der Waals surface area contributed by atoms with Gasteiger partial charge in [-0.05, 0) is 73.9 Å². The van der Waals surface area contributed by atoms with Crippen molar-refractivity contribution >= 4 is 21.8 Å². The van der Waals surface area contributed by atoms with Gasteiger partial charge >= 0.3 is 0 Å². The first-order valence-corrected chi connectivity index (χ1v) is 13.2. The predicted molar refractivity (Wildman–Crippen MR) is 122 cm³/mol. The van der Waals surface area contributed by atoms with Crippen LogP contribution in [0.2, 0.25) is 0 Å². The van der Waals surface area contributed by atoms with E-state index in [2.05, 4.69) is 47.1 Å². The number of nitrogens with zero attached hydrogens (tertiary/aromatic N) is 1. The van der Waals surface area contributed by atoms with Gasteiger partial charge in [-0.3, -0.25) is 4.90 Å². The maximum absolute atomic E-state index is 12.6. The van der Waals surface area contributed by atoms with Crippen LogP contribution in [-0.4, -0.2) is 39.2 Å². The third-order valence-electron chi connectivity index (χ3n) is 5.63. The summed E-state index contributed by atoms with van der Waals surface area (Å²) in [6.07, 6.45) is 6.22. The summed E-state index contributed by atoms with van der Waals surface area (Å²) in [5, 5.41) is 0. The van der Waals surface area contributed by atoms with Crippen molar-refractivity contribution in [3.63, 3.8) is 0 Å². The fourth-order valence-corrected chi connectivity index (χ4v) is 5.58. The molecule has 1 aliphatic rings. The molecular weight excluding hydrogens is 400 g/mol. The zero-order chi connectivity index (χ0) is 20.7. The summed E-state index contributed by atoms with van der Waals surface area (Å²) in [5.41, 5.74) is 2.56. The van der Waals surface area contributed by atoms with Crippen molar-refractivity contribution in [1.82, 2.24) is 9.62 Å². The zero-order valence-corrected chi connectivity index (χ0v) is 19.1. The summed E-state index contributed by atoms with van der Waals surface area (Å²) in [5.74, 6) is 0.399. The van der Waals surface area contributed by atoms with E-state index in [1.165, 1.54) is 16.0 Å². The van der Waals surface area contributed by atoms with E-state index in [0.717, 1.165) is 45.3 Å². The lowest BCUT2D eigenvalue weighted by Gasteiger charge is -2.32. The van der Waals surface area contributed by atoms with Gasteiger partial charge in [0, 0.05) is 18.0 Å². The Morgan fingerprint density at radius 1 is 1.07 bits per heavy atom. The van der Waals surface area contributed by atoms with Crippen molar-refractivity contribution in [2.75, 3.05) is 25.9 Å². The highest BCUT2D eigenvalue weighted by Crippen LogP contribution is 2.24. The fourth-order valence-electron chi connectivity index (χ4n) is 3.86. The fraction of sp³-hybridized carbons (Fsp3) is 0.478. The van der Waals surface area contributed by atoms with Crippen molar-refractivity contribution in [3.05, 3.63) is 59.7 Å². The molecule has 0 atom stereocenters. The third-order valence-corrected chi connectivity index (χ3v) is 7.91. The lowest BCUT2D eigenvalue weighted by molar-refractivity contribution is 0.177. The summed E-state index contributed by atoms with van der Waals surface area (Å²) in [7, 11) is -3.43. The minimum atomic E-state index is -3.43. The Morgan fingerprint density at radius 2 is 1.76 bits per heavy atom. The van der Waals surface area contributed by atoms with E-state index in [4.69, 9.17) is 0 Å². The molecule has 3 rings (SSSR count). The Labute approximate surface area is 180 Å². The Morgan fingerprint density at radius 3 is 2.41 bits per heavy atom. The van der Waals surface area contributed by atoms with Gasteiger partial charge in [0.05, 0.1) is 4.90 Å². The lowest BCUT2D eigenvalue weighted by Crippen LogP contribution is -2.38. The SMILES string of the molecule is CCCc1ccc(S(=O)(=O)NCC2CCN(Cc3ccccc3SC)CC2)cc1. The number of thioether (sulfide) groups is 1. The van der Waals surface area contributed by atoms with Gasteiger partial charge in [0.15, 0.2) is 0 Å². The number of benzene rings is 2. The second kappa shape index (κ2) is 10.6. The van der Waals surface area contributed by atoms with Crippen LogP contribution in [0, 0.1) is 5.92 Å². The van der Waals surface area contributed by atoms with Crippen molar-refractivity contribution < 1.29 is 8.42 Å². The van der Waals surface area contributed by atoms with E-state index < -0.39 is 10.0 Å². The molecule has 1 saturated heterocycles. The second-order valence-corrected chi connectivity index (χ2v) is 10.4. The molecule has 29 heavy (non-hydrogen) atoms. The zero-order valence-electron chi connectivity index (χ0n) is 17.4. The van der Waals surface area contributed by atoms with Crippen LogP contribution in [0.1, 0.15) is 37.3 Å².